The molecule has 0 unspecified atom stereocenters. The molecule has 28 heavy (non-hydrogen) atoms. The van der Waals surface area contributed by atoms with Crippen molar-refractivity contribution in [1.82, 2.24) is 0 Å². The molecule has 2 heteroatoms. The Morgan fingerprint density at radius 1 is 0.714 bits per heavy atom. The van der Waals surface area contributed by atoms with Crippen molar-refractivity contribution < 1.29 is 4.74 Å². The molecule has 0 atom stereocenters. The molecule has 0 amide bonds. The Morgan fingerprint density at radius 3 is 1.61 bits per heavy atom. The highest BCUT2D eigenvalue weighted by atomic mass is 16.5. The fourth-order valence-corrected chi connectivity index (χ4v) is 3.45. The predicted molar refractivity (Wildman–Crippen MR) is 114 cm³/mol. The summed E-state index contributed by atoms with van der Waals surface area (Å²) < 4.78 is 6.70. The van der Waals surface area contributed by atoms with Crippen molar-refractivity contribution in [1.29, 1.82) is 5.26 Å². The van der Waals surface area contributed by atoms with Crippen LogP contribution in [-0.2, 0) is 10.3 Å². The van der Waals surface area contributed by atoms with Gasteiger partial charge in [0.1, 0.15) is 5.60 Å². The molecular weight excluding hydrogens is 342 g/mol. The van der Waals surface area contributed by atoms with Crippen LogP contribution in [0.1, 0.15) is 36.0 Å². The number of rotatable bonds is 9. The molecule has 2 nitrogen and oxygen atoms in total. The smallest absolute Gasteiger partial charge is 0.143 e. The fourth-order valence-electron chi connectivity index (χ4n) is 3.45. The summed E-state index contributed by atoms with van der Waals surface area (Å²) in [7, 11) is 0. The van der Waals surface area contributed by atoms with Crippen LogP contribution >= 0.6 is 0 Å². The molecule has 0 saturated heterocycles. The normalized spacial score (nSPS) is 11.4. The number of hydrogen-bond acceptors (Lipinski definition) is 2. The fraction of sp³-hybridized carbons (Fsp3) is 0.192. The van der Waals surface area contributed by atoms with E-state index in [-0.39, 0.29) is 0 Å². The van der Waals surface area contributed by atoms with Gasteiger partial charge in [-0.3, -0.25) is 0 Å². The van der Waals surface area contributed by atoms with E-state index < -0.39 is 5.60 Å². The first-order chi connectivity index (χ1) is 13.9. The van der Waals surface area contributed by atoms with Gasteiger partial charge >= 0.3 is 0 Å². The van der Waals surface area contributed by atoms with Crippen LogP contribution in [0.5, 0.6) is 0 Å². The first-order valence-corrected chi connectivity index (χ1v) is 9.70. The lowest BCUT2D eigenvalue weighted by Crippen LogP contribution is -2.33. The average molecular weight is 367 g/mol. The van der Waals surface area contributed by atoms with E-state index in [0.717, 1.165) is 29.5 Å². The highest BCUT2D eigenvalue weighted by molar-refractivity contribution is 5.47. The number of benzene rings is 3. The van der Waals surface area contributed by atoms with Gasteiger partial charge in [-0.25, -0.2) is 0 Å². The van der Waals surface area contributed by atoms with E-state index in [1.54, 1.807) is 0 Å². The largest absolute Gasteiger partial charge is 0.361 e. The molecule has 0 aromatic heterocycles. The summed E-state index contributed by atoms with van der Waals surface area (Å²) in [5.41, 5.74) is 2.70. The second-order valence-corrected chi connectivity index (χ2v) is 6.60. The zero-order valence-electron chi connectivity index (χ0n) is 16.0. The first-order valence-electron chi connectivity index (χ1n) is 9.70. The molecule has 0 aliphatic heterocycles. The summed E-state index contributed by atoms with van der Waals surface area (Å²) in [6.07, 6.45) is 6.23. The number of nitrogens with zero attached hydrogens (tertiary/aromatic N) is 1. The van der Waals surface area contributed by atoms with Gasteiger partial charge in [0.05, 0.1) is 12.5 Å². The first kappa shape index (κ1) is 19.6. The number of nitriles is 1. The molecular formula is C26H25NO. The Labute approximate surface area is 167 Å². The van der Waals surface area contributed by atoms with Crippen LogP contribution in [0.25, 0.3) is 0 Å². The van der Waals surface area contributed by atoms with Crippen molar-refractivity contribution in [3.63, 3.8) is 0 Å². The van der Waals surface area contributed by atoms with E-state index >= 15 is 0 Å². The maximum Gasteiger partial charge on any atom is 0.143 e. The van der Waals surface area contributed by atoms with Crippen LogP contribution in [0, 0.1) is 11.3 Å². The maximum absolute atomic E-state index is 8.63. The lowest BCUT2D eigenvalue weighted by molar-refractivity contribution is 0.0119. The monoisotopic (exact) mass is 367 g/mol. The lowest BCUT2D eigenvalue weighted by Gasteiger charge is -2.36. The third-order valence-electron chi connectivity index (χ3n) is 4.75. The van der Waals surface area contributed by atoms with Crippen molar-refractivity contribution in [2.75, 3.05) is 6.61 Å². The van der Waals surface area contributed by atoms with Gasteiger partial charge in [0.25, 0.3) is 0 Å². The van der Waals surface area contributed by atoms with Gasteiger partial charge in [0.2, 0.25) is 0 Å². The van der Waals surface area contributed by atoms with Crippen molar-refractivity contribution in [3.8, 4) is 6.07 Å². The summed E-state index contributed by atoms with van der Waals surface area (Å²) in [4.78, 5) is 0. The average Bonchev–Trinajstić information content (AvgIpc) is 2.78. The Balaban J connectivity index is 1.96. The maximum atomic E-state index is 8.63. The quantitative estimate of drug-likeness (QED) is 0.254. The van der Waals surface area contributed by atoms with Crippen molar-refractivity contribution in [2.45, 2.75) is 24.9 Å². The van der Waals surface area contributed by atoms with Crippen LogP contribution < -0.4 is 0 Å². The molecule has 0 heterocycles. The van der Waals surface area contributed by atoms with Gasteiger partial charge in [-0.05, 0) is 29.5 Å². The number of unbranched alkanes of at least 4 members (excludes halogenated alkanes) is 1. The predicted octanol–water partition coefficient (Wildman–Crippen LogP) is 6.25. The molecule has 140 valence electrons. The van der Waals surface area contributed by atoms with Crippen LogP contribution in [0.3, 0.4) is 0 Å². The molecule has 0 spiro atoms. The highest BCUT2D eigenvalue weighted by Crippen LogP contribution is 2.40. The van der Waals surface area contributed by atoms with Crippen LogP contribution in [0.15, 0.2) is 103 Å². The van der Waals surface area contributed by atoms with Crippen molar-refractivity contribution in [2.24, 2.45) is 0 Å². The second-order valence-electron chi connectivity index (χ2n) is 6.60. The van der Waals surface area contributed by atoms with Gasteiger partial charge in [0.15, 0.2) is 0 Å². The Kier molecular flexibility index (Phi) is 7.18. The topological polar surface area (TPSA) is 33.0 Å². The summed E-state index contributed by atoms with van der Waals surface area (Å²) in [5.74, 6) is 0. The third kappa shape index (κ3) is 4.57. The molecule has 0 fully saturated rings. The van der Waals surface area contributed by atoms with Gasteiger partial charge < -0.3 is 4.74 Å². The lowest BCUT2D eigenvalue weighted by atomic mass is 9.80. The molecule has 3 aromatic carbocycles. The zero-order chi connectivity index (χ0) is 19.5. The summed E-state index contributed by atoms with van der Waals surface area (Å²) in [5, 5.41) is 8.63. The third-order valence-corrected chi connectivity index (χ3v) is 4.75. The van der Waals surface area contributed by atoms with E-state index in [4.69, 9.17) is 10.00 Å². The minimum absolute atomic E-state index is 0.461. The molecule has 0 aliphatic carbocycles. The number of allylic oxidation sites excluding steroid dienone is 2. The van der Waals surface area contributed by atoms with Crippen molar-refractivity contribution in [3.05, 3.63) is 120 Å². The Morgan fingerprint density at radius 2 is 1.18 bits per heavy atom. The van der Waals surface area contributed by atoms with E-state index in [2.05, 4.69) is 84.9 Å². The van der Waals surface area contributed by atoms with Crippen LogP contribution in [0.2, 0.25) is 0 Å². The van der Waals surface area contributed by atoms with Crippen LogP contribution in [0.4, 0.5) is 0 Å². The molecule has 3 rings (SSSR count). The SMILES string of the molecule is N#CC/C=C/CCCOC(c1ccccc1)(c1ccccc1)c1ccccc1. The van der Waals surface area contributed by atoms with Gasteiger partial charge in [-0.15, -0.1) is 0 Å². The van der Waals surface area contributed by atoms with Gasteiger partial charge in [-0.2, -0.15) is 5.26 Å². The minimum atomic E-state index is -0.653. The van der Waals surface area contributed by atoms with E-state index in [0.29, 0.717) is 13.0 Å². The molecule has 0 saturated carbocycles. The molecule has 3 aromatic rings. The summed E-state index contributed by atoms with van der Waals surface area (Å²) in [6, 6.07) is 33.4. The van der Waals surface area contributed by atoms with E-state index in [1.807, 2.05) is 24.3 Å². The van der Waals surface area contributed by atoms with Crippen molar-refractivity contribution >= 4 is 0 Å². The standard InChI is InChI=1S/C26H25NO/c27-21-13-2-1-3-14-22-28-26(23-15-7-4-8-16-23,24-17-9-5-10-18-24)25-19-11-6-12-20-25/h1-2,4-12,15-20H,3,13-14,22H2/b2-1+. The Hall–Kier alpha value is -3.15. The molecule has 0 radical (unpaired) electrons. The molecule has 0 N–H and O–H groups in total. The molecule has 0 bridgehead atoms. The van der Waals surface area contributed by atoms with E-state index in [1.165, 1.54) is 0 Å². The van der Waals surface area contributed by atoms with Gasteiger partial charge in [-0.1, -0.05) is 103 Å². The van der Waals surface area contributed by atoms with Gasteiger partial charge in [0, 0.05) is 6.61 Å². The second kappa shape index (κ2) is 10.3. The van der Waals surface area contributed by atoms with E-state index in [9.17, 15) is 0 Å². The molecule has 0 aliphatic rings. The minimum Gasteiger partial charge on any atom is -0.361 e. The number of ether oxygens (including phenoxy) is 1. The Bertz CT molecular complexity index is 799. The zero-order valence-corrected chi connectivity index (χ0v) is 16.0. The highest BCUT2D eigenvalue weighted by Gasteiger charge is 2.37. The summed E-state index contributed by atoms with van der Waals surface area (Å²) >= 11 is 0. The number of hydrogen-bond donors (Lipinski definition) is 0. The summed E-state index contributed by atoms with van der Waals surface area (Å²) in [6.45, 7) is 0.621. The van der Waals surface area contributed by atoms with Crippen LogP contribution in [-0.4, -0.2) is 6.61 Å².